The van der Waals surface area contributed by atoms with E-state index >= 15 is 0 Å². The lowest BCUT2D eigenvalue weighted by molar-refractivity contribution is 0.656. The maximum atomic E-state index is 6.67. The summed E-state index contributed by atoms with van der Waals surface area (Å²) in [7, 11) is 0. The van der Waals surface area contributed by atoms with Gasteiger partial charge in [-0.15, -0.1) is 0 Å². The molecule has 0 radical (unpaired) electrons. The van der Waals surface area contributed by atoms with Crippen LogP contribution in [0.25, 0.3) is 77.3 Å². The van der Waals surface area contributed by atoms with Crippen molar-refractivity contribution in [3.63, 3.8) is 0 Å². The van der Waals surface area contributed by atoms with E-state index in [2.05, 4.69) is 116 Å². The number of para-hydroxylation sites is 2. The number of hydrogen-bond donors (Lipinski definition) is 0. The van der Waals surface area contributed by atoms with E-state index in [9.17, 15) is 0 Å². The van der Waals surface area contributed by atoms with Crippen LogP contribution in [0.4, 0.5) is 0 Å². The zero-order valence-corrected chi connectivity index (χ0v) is 21.8. The number of benzene rings is 6. The van der Waals surface area contributed by atoms with E-state index in [1.165, 1.54) is 66.4 Å². The molecule has 0 fully saturated rings. The highest BCUT2D eigenvalue weighted by molar-refractivity contribution is 6.14. The minimum absolute atomic E-state index is 0.0654. The quantitative estimate of drug-likeness (QED) is 0.219. The standard InChI is InChI=1S/C38H22O2/c1-20-10-12-21(13-11-20)22-18-29-25-14-16-27-23-6-2-4-8-31(23)39-37(27)34(25)36-33(29)30(19-22)26-15-17-28-24-7-3-5-9-32(24)40-38(28)35(26)36/h2-19,36H,1H3. The van der Waals surface area contributed by atoms with E-state index in [-0.39, 0.29) is 5.92 Å². The minimum atomic E-state index is 0.0654. The van der Waals surface area contributed by atoms with Crippen LogP contribution in [-0.2, 0) is 0 Å². The molecule has 2 aliphatic carbocycles. The lowest BCUT2D eigenvalue weighted by Gasteiger charge is -2.12. The van der Waals surface area contributed by atoms with Crippen LogP contribution in [0.15, 0.2) is 118 Å². The topological polar surface area (TPSA) is 26.3 Å². The highest BCUT2D eigenvalue weighted by Crippen LogP contribution is 2.62. The summed E-state index contributed by atoms with van der Waals surface area (Å²) in [6, 6.07) is 39.5. The third-order valence-corrected chi connectivity index (χ3v) is 9.18. The largest absolute Gasteiger partial charge is 0.456 e. The second kappa shape index (κ2) is 7.11. The Morgan fingerprint density at radius 1 is 0.450 bits per heavy atom. The maximum absolute atomic E-state index is 6.67. The molecule has 186 valence electrons. The molecule has 8 aromatic rings. The normalized spacial score (nSPS) is 13.5. The first-order valence-corrected chi connectivity index (χ1v) is 13.9. The van der Waals surface area contributed by atoms with Gasteiger partial charge in [-0.25, -0.2) is 0 Å². The smallest absolute Gasteiger partial charge is 0.140 e. The van der Waals surface area contributed by atoms with Crippen molar-refractivity contribution in [3.8, 4) is 33.4 Å². The number of furan rings is 2. The molecule has 0 amide bonds. The summed E-state index contributed by atoms with van der Waals surface area (Å²) < 4.78 is 13.3. The Hall–Kier alpha value is -5.08. The average Bonchev–Trinajstić information content (AvgIpc) is 3.73. The number of fused-ring (bicyclic) bond motifs is 14. The summed E-state index contributed by atoms with van der Waals surface area (Å²) in [4.78, 5) is 0. The molecule has 2 heterocycles. The fraction of sp³-hybridized carbons (Fsp3) is 0.0526. The van der Waals surface area contributed by atoms with Crippen molar-refractivity contribution >= 4 is 43.9 Å². The van der Waals surface area contributed by atoms with Gasteiger partial charge in [0.25, 0.3) is 0 Å². The van der Waals surface area contributed by atoms with E-state index in [1.54, 1.807) is 0 Å². The third kappa shape index (κ3) is 2.45. The van der Waals surface area contributed by atoms with Crippen LogP contribution in [0.2, 0.25) is 0 Å². The van der Waals surface area contributed by atoms with Gasteiger partial charge in [-0.2, -0.15) is 0 Å². The second-order valence-electron chi connectivity index (χ2n) is 11.3. The zero-order chi connectivity index (χ0) is 26.1. The van der Waals surface area contributed by atoms with Gasteiger partial charge in [0.15, 0.2) is 0 Å². The lowest BCUT2D eigenvalue weighted by Crippen LogP contribution is -1.96. The van der Waals surface area contributed by atoms with Crippen LogP contribution in [-0.4, -0.2) is 0 Å². The SMILES string of the molecule is Cc1ccc(-c2cc3c4c(c2)-c2ccc5c(oc6ccccc65)c2C4c2c-3ccc3c2oc2ccccc23)cc1. The molecule has 0 spiro atoms. The summed E-state index contributed by atoms with van der Waals surface area (Å²) in [6.45, 7) is 2.14. The lowest BCUT2D eigenvalue weighted by atomic mass is 9.90. The number of rotatable bonds is 1. The first-order valence-electron chi connectivity index (χ1n) is 13.9. The molecule has 0 N–H and O–H groups in total. The molecular formula is C38H22O2. The van der Waals surface area contributed by atoms with Gasteiger partial charge in [-0.3, -0.25) is 0 Å². The zero-order valence-electron chi connectivity index (χ0n) is 21.8. The van der Waals surface area contributed by atoms with Gasteiger partial charge in [-0.1, -0.05) is 78.4 Å². The molecule has 10 rings (SSSR count). The van der Waals surface area contributed by atoms with Crippen molar-refractivity contribution in [2.75, 3.05) is 0 Å². The van der Waals surface area contributed by atoms with Crippen LogP contribution in [0, 0.1) is 6.92 Å². The molecular weight excluding hydrogens is 488 g/mol. The van der Waals surface area contributed by atoms with Gasteiger partial charge < -0.3 is 8.83 Å². The Bertz CT molecular complexity index is 2240. The Labute approximate surface area is 230 Å². The van der Waals surface area contributed by atoms with Crippen molar-refractivity contribution in [2.24, 2.45) is 0 Å². The Kier molecular flexibility index (Phi) is 3.70. The van der Waals surface area contributed by atoms with Gasteiger partial charge in [0.1, 0.15) is 22.3 Å². The monoisotopic (exact) mass is 510 g/mol. The van der Waals surface area contributed by atoms with Crippen molar-refractivity contribution in [2.45, 2.75) is 12.8 Å². The predicted molar refractivity (Wildman–Crippen MR) is 163 cm³/mol. The Balaban J connectivity index is 1.37. The van der Waals surface area contributed by atoms with Crippen LogP contribution >= 0.6 is 0 Å². The predicted octanol–water partition coefficient (Wildman–Crippen LogP) is 10.6. The van der Waals surface area contributed by atoms with E-state index < -0.39 is 0 Å². The number of aryl methyl sites for hydroxylation is 1. The summed E-state index contributed by atoms with van der Waals surface area (Å²) in [6.07, 6.45) is 0. The number of hydrogen-bond acceptors (Lipinski definition) is 2. The maximum Gasteiger partial charge on any atom is 0.140 e. The first kappa shape index (κ1) is 20.8. The van der Waals surface area contributed by atoms with Crippen LogP contribution in [0.1, 0.15) is 28.2 Å². The summed E-state index contributed by atoms with van der Waals surface area (Å²) in [5, 5.41) is 4.68. The van der Waals surface area contributed by atoms with Crippen LogP contribution < -0.4 is 0 Å². The molecule has 0 aliphatic heterocycles. The third-order valence-electron chi connectivity index (χ3n) is 9.18. The molecule has 0 bridgehead atoms. The fourth-order valence-corrected chi connectivity index (χ4v) is 7.42. The van der Waals surface area contributed by atoms with E-state index in [0.29, 0.717) is 0 Å². The summed E-state index contributed by atoms with van der Waals surface area (Å²) in [5.74, 6) is 0.0654. The molecule has 6 aromatic carbocycles. The minimum Gasteiger partial charge on any atom is -0.456 e. The summed E-state index contributed by atoms with van der Waals surface area (Å²) in [5.41, 5.74) is 16.6. The van der Waals surface area contributed by atoms with E-state index in [0.717, 1.165) is 33.1 Å². The van der Waals surface area contributed by atoms with Gasteiger partial charge >= 0.3 is 0 Å². The molecule has 0 atom stereocenters. The van der Waals surface area contributed by atoms with Crippen LogP contribution in [0.5, 0.6) is 0 Å². The highest BCUT2D eigenvalue weighted by Gasteiger charge is 2.43. The fourth-order valence-electron chi connectivity index (χ4n) is 7.42. The van der Waals surface area contributed by atoms with E-state index in [4.69, 9.17) is 8.83 Å². The van der Waals surface area contributed by atoms with Gasteiger partial charge in [-0.05, 0) is 82.3 Å². The van der Waals surface area contributed by atoms with Crippen molar-refractivity contribution in [1.82, 2.24) is 0 Å². The molecule has 2 nitrogen and oxygen atoms in total. The van der Waals surface area contributed by atoms with Gasteiger partial charge in [0.2, 0.25) is 0 Å². The highest BCUT2D eigenvalue weighted by atomic mass is 16.3. The molecule has 2 aliphatic rings. The van der Waals surface area contributed by atoms with E-state index in [1.807, 2.05) is 0 Å². The van der Waals surface area contributed by atoms with Crippen molar-refractivity contribution in [3.05, 3.63) is 131 Å². The van der Waals surface area contributed by atoms with Crippen molar-refractivity contribution < 1.29 is 8.83 Å². The molecule has 0 saturated carbocycles. The van der Waals surface area contributed by atoms with Gasteiger partial charge in [0, 0.05) is 38.6 Å². The molecule has 0 saturated heterocycles. The molecule has 2 heteroatoms. The first-order chi connectivity index (χ1) is 19.7. The Morgan fingerprint density at radius 3 is 1.52 bits per heavy atom. The second-order valence-corrected chi connectivity index (χ2v) is 11.3. The van der Waals surface area contributed by atoms with Crippen molar-refractivity contribution in [1.29, 1.82) is 0 Å². The van der Waals surface area contributed by atoms with Gasteiger partial charge in [0.05, 0.1) is 0 Å². The van der Waals surface area contributed by atoms with Crippen LogP contribution in [0.3, 0.4) is 0 Å². The summed E-state index contributed by atoms with van der Waals surface area (Å²) >= 11 is 0. The molecule has 2 aromatic heterocycles. The average molecular weight is 511 g/mol. The molecule has 0 unspecified atom stereocenters. The molecule has 40 heavy (non-hydrogen) atoms. The Morgan fingerprint density at radius 2 is 0.975 bits per heavy atom.